The number of rotatable bonds is 1. The van der Waals surface area contributed by atoms with Gasteiger partial charge in [0.15, 0.2) is 10.4 Å². The molecule has 5 heteroatoms. The molecule has 3 aromatic rings. The first kappa shape index (κ1) is 12.4. The van der Waals surface area contributed by atoms with Crippen molar-refractivity contribution in [3.05, 3.63) is 51.4 Å². The molecule has 0 aliphatic rings. The number of nitrogens with one attached hydrogen (secondary N) is 1. The van der Waals surface area contributed by atoms with Gasteiger partial charge in [-0.3, -0.25) is 4.57 Å². The normalized spacial score (nSPS) is 11.1. The number of nitrogens with zero attached hydrogens (tertiary/aromatic N) is 2. The molecular weight excluding hydrogens is 278 g/mol. The zero-order valence-electron chi connectivity index (χ0n) is 10.6. The van der Waals surface area contributed by atoms with E-state index >= 15 is 0 Å². The minimum atomic E-state index is 0.594. The van der Waals surface area contributed by atoms with Gasteiger partial charge in [0, 0.05) is 6.20 Å². The Morgan fingerprint density at radius 3 is 2.79 bits per heavy atom. The standard InChI is InChI=1S/C14H12ClN3S/c1-8-3-4-12(9(2)5-8)18-13-11(17-14(18)19)6-10(15)7-16-13/h3-7H,1-2H3,(H,17,19). The molecule has 0 unspecified atom stereocenters. The summed E-state index contributed by atoms with van der Waals surface area (Å²) in [7, 11) is 0. The molecule has 3 nitrogen and oxygen atoms in total. The van der Waals surface area contributed by atoms with Crippen LogP contribution in [-0.2, 0) is 0 Å². The van der Waals surface area contributed by atoms with Crippen LogP contribution in [0.15, 0.2) is 30.5 Å². The van der Waals surface area contributed by atoms with E-state index in [0.717, 1.165) is 22.4 Å². The fourth-order valence-corrected chi connectivity index (χ4v) is 2.70. The van der Waals surface area contributed by atoms with Crippen LogP contribution in [0.1, 0.15) is 11.1 Å². The van der Waals surface area contributed by atoms with Gasteiger partial charge in [-0.05, 0) is 43.8 Å². The largest absolute Gasteiger partial charge is 0.329 e. The van der Waals surface area contributed by atoms with Crippen LogP contribution in [0.3, 0.4) is 0 Å². The number of pyridine rings is 1. The summed E-state index contributed by atoms with van der Waals surface area (Å²) in [5, 5.41) is 0.594. The zero-order valence-corrected chi connectivity index (χ0v) is 12.1. The summed E-state index contributed by atoms with van der Waals surface area (Å²) in [6.45, 7) is 4.14. The van der Waals surface area contributed by atoms with Crippen molar-refractivity contribution in [2.45, 2.75) is 13.8 Å². The van der Waals surface area contributed by atoms with E-state index in [1.807, 2.05) is 10.6 Å². The van der Waals surface area contributed by atoms with Crippen molar-refractivity contribution in [3.63, 3.8) is 0 Å². The number of imidazole rings is 1. The molecule has 1 N–H and O–H groups in total. The van der Waals surface area contributed by atoms with E-state index in [4.69, 9.17) is 23.8 Å². The molecule has 0 atom stereocenters. The number of benzene rings is 1. The Morgan fingerprint density at radius 1 is 1.26 bits per heavy atom. The van der Waals surface area contributed by atoms with E-state index in [9.17, 15) is 0 Å². The van der Waals surface area contributed by atoms with Gasteiger partial charge in [-0.2, -0.15) is 0 Å². The number of aromatic amines is 1. The summed E-state index contributed by atoms with van der Waals surface area (Å²) in [5.41, 5.74) is 5.06. The van der Waals surface area contributed by atoms with E-state index in [1.165, 1.54) is 5.56 Å². The SMILES string of the molecule is Cc1ccc(-n2c(=S)[nH]c3cc(Cl)cnc32)c(C)c1. The molecule has 0 fully saturated rings. The van der Waals surface area contributed by atoms with Crippen LogP contribution in [0.25, 0.3) is 16.9 Å². The zero-order chi connectivity index (χ0) is 13.6. The summed E-state index contributed by atoms with van der Waals surface area (Å²) in [6.07, 6.45) is 1.63. The number of hydrogen-bond acceptors (Lipinski definition) is 2. The molecule has 0 aliphatic heterocycles. The van der Waals surface area contributed by atoms with Crippen LogP contribution in [0.2, 0.25) is 5.02 Å². The number of aromatic nitrogens is 3. The minimum Gasteiger partial charge on any atom is -0.329 e. The third-order valence-corrected chi connectivity index (χ3v) is 3.57. The first-order valence-corrected chi connectivity index (χ1v) is 6.69. The van der Waals surface area contributed by atoms with E-state index in [0.29, 0.717) is 9.79 Å². The molecule has 2 heterocycles. The highest BCUT2D eigenvalue weighted by atomic mass is 35.5. The summed E-state index contributed by atoms with van der Waals surface area (Å²) >= 11 is 11.3. The first-order valence-electron chi connectivity index (χ1n) is 5.90. The van der Waals surface area contributed by atoms with Crippen molar-refractivity contribution < 1.29 is 0 Å². The predicted molar refractivity (Wildman–Crippen MR) is 80.7 cm³/mol. The predicted octanol–water partition coefficient (Wildman–Crippen LogP) is 4.35. The average molecular weight is 290 g/mol. The number of halogens is 1. The van der Waals surface area contributed by atoms with Gasteiger partial charge in [0.25, 0.3) is 0 Å². The number of hydrogen-bond donors (Lipinski definition) is 1. The maximum absolute atomic E-state index is 5.95. The van der Waals surface area contributed by atoms with Gasteiger partial charge in [0.05, 0.1) is 16.2 Å². The van der Waals surface area contributed by atoms with E-state index < -0.39 is 0 Å². The maximum atomic E-state index is 5.95. The third kappa shape index (κ3) is 2.07. The lowest BCUT2D eigenvalue weighted by molar-refractivity contribution is 1.03. The second-order valence-corrected chi connectivity index (χ2v) is 5.40. The van der Waals surface area contributed by atoms with Gasteiger partial charge in [0.1, 0.15) is 0 Å². The Labute approximate surface area is 120 Å². The molecule has 3 rings (SSSR count). The molecule has 96 valence electrons. The molecule has 0 radical (unpaired) electrons. The summed E-state index contributed by atoms with van der Waals surface area (Å²) in [4.78, 5) is 7.51. The van der Waals surface area contributed by atoms with E-state index in [2.05, 4.69) is 42.0 Å². The summed E-state index contributed by atoms with van der Waals surface area (Å²) in [6, 6.07) is 8.09. The number of aryl methyl sites for hydroxylation is 2. The smallest absolute Gasteiger partial charge is 0.184 e. The second-order valence-electron chi connectivity index (χ2n) is 4.58. The highest BCUT2D eigenvalue weighted by Crippen LogP contribution is 2.23. The summed E-state index contributed by atoms with van der Waals surface area (Å²) < 4.78 is 2.56. The lowest BCUT2D eigenvalue weighted by Crippen LogP contribution is -1.98. The molecule has 0 bridgehead atoms. The van der Waals surface area contributed by atoms with Crippen molar-refractivity contribution >= 4 is 35.0 Å². The molecule has 0 spiro atoms. The van der Waals surface area contributed by atoms with Crippen molar-refractivity contribution in [2.75, 3.05) is 0 Å². The first-order chi connectivity index (χ1) is 9.06. The molecule has 2 aromatic heterocycles. The fourth-order valence-electron chi connectivity index (χ4n) is 2.25. The lowest BCUT2D eigenvalue weighted by atomic mass is 10.1. The van der Waals surface area contributed by atoms with Crippen LogP contribution in [0.5, 0.6) is 0 Å². The Kier molecular flexibility index (Phi) is 2.92. The highest BCUT2D eigenvalue weighted by molar-refractivity contribution is 7.71. The molecular formula is C14H12ClN3S. The van der Waals surface area contributed by atoms with Crippen LogP contribution in [-0.4, -0.2) is 14.5 Å². The van der Waals surface area contributed by atoms with Crippen molar-refractivity contribution in [1.82, 2.24) is 14.5 Å². The van der Waals surface area contributed by atoms with Crippen LogP contribution >= 0.6 is 23.8 Å². The van der Waals surface area contributed by atoms with Crippen molar-refractivity contribution in [1.29, 1.82) is 0 Å². The van der Waals surface area contributed by atoms with Gasteiger partial charge in [0.2, 0.25) is 0 Å². The molecule has 0 aliphatic carbocycles. The van der Waals surface area contributed by atoms with Gasteiger partial charge in [-0.25, -0.2) is 4.98 Å². The van der Waals surface area contributed by atoms with E-state index in [1.54, 1.807) is 6.20 Å². The maximum Gasteiger partial charge on any atom is 0.184 e. The Balaban J connectivity index is 2.36. The average Bonchev–Trinajstić information content (AvgIpc) is 2.65. The Hall–Kier alpha value is -1.65. The van der Waals surface area contributed by atoms with Crippen LogP contribution < -0.4 is 0 Å². The van der Waals surface area contributed by atoms with Crippen LogP contribution in [0, 0.1) is 18.6 Å². The lowest BCUT2D eigenvalue weighted by Gasteiger charge is -2.08. The quantitative estimate of drug-likeness (QED) is 0.676. The van der Waals surface area contributed by atoms with Gasteiger partial charge in [-0.1, -0.05) is 29.3 Å². The van der Waals surface area contributed by atoms with Gasteiger partial charge >= 0.3 is 0 Å². The van der Waals surface area contributed by atoms with Gasteiger partial charge < -0.3 is 4.98 Å². The fraction of sp³-hybridized carbons (Fsp3) is 0.143. The monoisotopic (exact) mass is 289 g/mol. The van der Waals surface area contributed by atoms with E-state index in [-0.39, 0.29) is 0 Å². The second kappa shape index (κ2) is 4.47. The molecule has 0 amide bonds. The minimum absolute atomic E-state index is 0.594. The topological polar surface area (TPSA) is 33.6 Å². The molecule has 1 aromatic carbocycles. The molecule has 0 saturated heterocycles. The highest BCUT2D eigenvalue weighted by Gasteiger charge is 2.10. The van der Waals surface area contributed by atoms with Gasteiger partial charge in [-0.15, -0.1) is 0 Å². The number of H-pyrrole nitrogens is 1. The molecule has 0 saturated carbocycles. The van der Waals surface area contributed by atoms with Crippen LogP contribution in [0.4, 0.5) is 0 Å². The molecule has 19 heavy (non-hydrogen) atoms. The van der Waals surface area contributed by atoms with Crippen molar-refractivity contribution in [3.8, 4) is 5.69 Å². The summed E-state index contributed by atoms with van der Waals surface area (Å²) in [5.74, 6) is 0. The Bertz CT molecular complexity index is 832. The number of fused-ring (bicyclic) bond motifs is 1. The Morgan fingerprint density at radius 2 is 2.05 bits per heavy atom. The van der Waals surface area contributed by atoms with Crippen molar-refractivity contribution in [2.24, 2.45) is 0 Å². The third-order valence-electron chi connectivity index (χ3n) is 3.08.